The topological polar surface area (TPSA) is 34.5 Å². The number of aromatic nitrogens is 1. The smallest absolute Gasteiger partial charge is 0.142 e. The Morgan fingerprint density at radius 3 is 3.00 bits per heavy atom. The minimum Gasteiger partial charge on any atom is -0.391 e. The number of thiazole rings is 1. The molecule has 0 bridgehead atoms. The fraction of sp³-hybridized carbons (Fsp3) is 0.0909. The van der Waals surface area contributed by atoms with Crippen molar-refractivity contribution < 1.29 is 4.84 Å². The van der Waals surface area contributed by atoms with E-state index >= 15 is 0 Å². The lowest BCUT2D eigenvalue weighted by Crippen LogP contribution is -1.90. The molecule has 2 aromatic rings. The maximum absolute atomic E-state index is 4.95. The number of rotatable bonds is 4. The zero-order chi connectivity index (χ0) is 10.5. The van der Waals surface area contributed by atoms with Gasteiger partial charge in [0.1, 0.15) is 11.6 Å². The van der Waals surface area contributed by atoms with Crippen LogP contribution in [0.1, 0.15) is 5.56 Å². The van der Waals surface area contributed by atoms with Gasteiger partial charge in [-0.1, -0.05) is 24.3 Å². The Morgan fingerprint density at radius 2 is 2.27 bits per heavy atom. The molecule has 3 nitrogen and oxygen atoms in total. The second kappa shape index (κ2) is 4.70. The Balaban J connectivity index is 2.34. The van der Waals surface area contributed by atoms with E-state index in [0.717, 1.165) is 16.1 Å². The summed E-state index contributed by atoms with van der Waals surface area (Å²) in [4.78, 5) is 9.22. The van der Waals surface area contributed by atoms with E-state index in [0.29, 0.717) is 6.61 Å². The second-order valence-electron chi connectivity index (χ2n) is 2.90. The van der Waals surface area contributed by atoms with Crippen LogP contribution >= 0.6 is 11.3 Å². The molecule has 0 radical (unpaired) electrons. The van der Waals surface area contributed by atoms with E-state index in [1.54, 1.807) is 17.5 Å². The Labute approximate surface area is 92.0 Å². The quantitative estimate of drug-likeness (QED) is 0.584. The van der Waals surface area contributed by atoms with Gasteiger partial charge in [-0.15, -0.1) is 16.5 Å². The van der Waals surface area contributed by atoms with Crippen molar-refractivity contribution in [2.24, 2.45) is 5.16 Å². The van der Waals surface area contributed by atoms with E-state index < -0.39 is 0 Å². The van der Waals surface area contributed by atoms with E-state index in [-0.39, 0.29) is 0 Å². The molecule has 0 N–H and O–H groups in total. The minimum absolute atomic E-state index is 0.430. The summed E-state index contributed by atoms with van der Waals surface area (Å²) in [5.74, 6) is 0. The van der Waals surface area contributed by atoms with E-state index in [1.807, 2.05) is 29.6 Å². The molecule has 0 unspecified atom stereocenters. The highest BCUT2D eigenvalue weighted by Gasteiger charge is 2.06. The summed E-state index contributed by atoms with van der Waals surface area (Å²) < 4.78 is 0. The molecule has 0 aliphatic carbocycles. The van der Waals surface area contributed by atoms with E-state index in [4.69, 9.17) is 4.84 Å². The van der Waals surface area contributed by atoms with Gasteiger partial charge in [0.25, 0.3) is 0 Å². The molecule has 4 heteroatoms. The normalized spacial score (nSPS) is 9.87. The molecule has 1 aromatic heterocycles. The van der Waals surface area contributed by atoms with Crippen LogP contribution in [0.2, 0.25) is 0 Å². The van der Waals surface area contributed by atoms with Crippen LogP contribution in [-0.4, -0.2) is 11.7 Å². The van der Waals surface area contributed by atoms with Gasteiger partial charge in [0.15, 0.2) is 0 Å². The van der Waals surface area contributed by atoms with E-state index in [2.05, 4.69) is 16.9 Å². The molecule has 0 amide bonds. The maximum Gasteiger partial charge on any atom is 0.142 e. The zero-order valence-corrected chi connectivity index (χ0v) is 8.91. The highest BCUT2D eigenvalue weighted by Crippen LogP contribution is 2.25. The highest BCUT2D eigenvalue weighted by molar-refractivity contribution is 7.13. The molecule has 0 aliphatic heterocycles. The molecule has 1 heterocycles. The summed E-state index contributed by atoms with van der Waals surface area (Å²) in [6.45, 7) is 3.71. The van der Waals surface area contributed by atoms with Crippen LogP contribution in [0.4, 0.5) is 0 Å². The number of benzene rings is 1. The standard InChI is InChI=1S/C11H10N2OS/c1-12-14-8-9-4-2-3-5-10(9)11-13-6-7-15-11/h2-7H,1,8H2. The predicted molar refractivity (Wildman–Crippen MR) is 61.9 cm³/mol. The molecular formula is C11H10N2OS. The van der Waals surface area contributed by atoms with Gasteiger partial charge >= 0.3 is 0 Å². The van der Waals surface area contributed by atoms with Crippen LogP contribution in [0, 0.1) is 0 Å². The lowest BCUT2D eigenvalue weighted by Gasteiger charge is -2.04. The Bertz CT molecular complexity index is 440. The van der Waals surface area contributed by atoms with Crippen molar-refractivity contribution in [1.82, 2.24) is 4.98 Å². The van der Waals surface area contributed by atoms with Crippen LogP contribution < -0.4 is 0 Å². The van der Waals surface area contributed by atoms with E-state index in [1.165, 1.54) is 0 Å². The highest BCUT2D eigenvalue weighted by atomic mass is 32.1. The van der Waals surface area contributed by atoms with Gasteiger partial charge in [-0.05, 0) is 0 Å². The average molecular weight is 218 g/mol. The summed E-state index contributed by atoms with van der Waals surface area (Å²) in [5.41, 5.74) is 2.16. The summed E-state index contributed by atoms with van der Waals surface area (Å²) in [6.07, 6.45) is 1.80. The molecule has 76 valence electrons. The van der Waals surface area contributed by atoms with Gasteiger partial charge in [0, 0.05) is 29.4 Å². The summed E-state index contributed by atoms with van der Waals surface area (Å²) in [6, 6.07) is 7.99. The third-order valence-corrected chi connectivity index (χ3v) is 2.80. The molecule has 0 saturated carbocycles. The molecule has 0 saturated heterocycles. The van der Waals surface area contributed by atoms with Crippen LogP contribution in [0.5, 0.6) is 0 Å². The van der Waals surface area contributed by atoms with Crippen molar-refractivity contribution >= 4 is 18.1 Å². The third kappa shape index (κ3) is 2.22. The van der Waals surface area contributed by atoms with Crippen molar-refractivity contribution in [3.05, 3.63) is 41.4 Å². The number of hydrogen-bond donors (Lipinski definition) is 0. The molecule has 0 fully saturated rings. The molecule has 1 aromatic carbocycles. The average Bonchev–Trinajstić information content (AvgIpc) is 2.80. The Kier molecular flexibility index (Phi) is 3.09. The molecule has 2 rings (SSSR count). The lowest BCUT2D eigenvalue weighted by molar-refractivity contribution is 0.133. The summed E-state index contributed by atoms with van der Waals surface area (Å²) in [5, 5.41) is 6.34. The third-order valence-electron chi connectivity index (χ3n) is 1.99. The molecular weight excluding hydrogens is 208 g/mol. The minimum atomic E-state index is 0.430. The van der Waals surface area contributed by atoms with Crippen LogP contribution in [-0.2, 0) is 11.4 Å². The number of nitrogens with zero attached hydrogens (tertiary/aromatic N) is 2. The van der Waals surface area contributed by atoms with Crippen LogP contribution in [0.15, 0.2) is 41.0 Å². The monoisotopic (exact) mass is 218 g/mol. The fourth-order valence-electron chi connectivity index (χ4n) is 1.33. The predicted octanol–water partition coefficient (Wildman–Crippen LogP) is 2.94. The largest absolute Gasteiger partial charge is 0.391 e. The van der Waals surface area contributed by atoms with Crippen LogP contribution in [0.25, 0.3) is 10.6 Å². The summed E-state index contributed by atoms with van der Waals surface area (Å²) in [7, 11) is 0. The van der Waals surface area contributed by atoms with Gasteiger partial charge in [0.05, 0.1) is 0 Å². The van der Waals surface area contributed by atoms with Crippen molar-refractivity contribution in [3.8, 4) is 10.6 Å². The number of hydrogen-bond acceptors (Lipinski definition) is 4. The first-order valence-corrected chi connectivity index (χ1v) is 5.35. The fourth-order valence-corrected chi connectivity index (χ4v) is 2.02. The van der Waals surface area contributed by atoms with Crippen molar-refractivity contribution in [3.63, 3.8) is 0 Å². The maximum atomic E-state index is 4.95. The Morgan fingerprint density at radius 1 is 1.40 bits per heavy atom. The summed E-state index contributed by atoms with van der Waals surface area (Å²) >= 11 is 1.61. The lowest BCUT2D eigenvalue weighted by atomic mass is 10.1. The molecule has 0 atom stereocenters. The van der Waals surface area contributed by atoms with Gasteiger partial charge in [-0.2, -0.15) is 0 Å². The van der Waals surface area contributed by atoms with Gasteiger partial charge in [-0.25, -0.2) is 4.98 Å². The van der Waals surface area contributed by atoms with E-state index in [9.17, 15) is 0 Å². The van der Waals surface area contributed by atoms with Crippen molar-refractivity contribution in [1.29, 1.82) is 0 Å². The van der Waals surface area contributed by atoms with Gasteiger partial charge < -0.3 is 4.84 Å². The van der Waals surface area contributed by atoms with Crippen LogP contribution in [0.3, 0.4) is 0 Å². The molecule has 15 heavy (non-hydrogen) atoms. The van der Waals surface area contributed by atoms with Crippen molar-refractivity contribution in [2.45, 2.75) is 6.61 Å². The second-order valence-corrected chi connectivity index (χ2v) is 3.79. The SMILES string of the molecule is C=NOCc1ccccc1-c1nccs1. The Hall–Kier alpha value is -1.68. The first-order valence-electron chi connectivity index (χ1n) is 4.47. The first kappa shape index (κ1) is 9.86. The molecule has 0 aliphatic rings. The van der Waals surface area contributed by atoms with Crippen molar-refractivity contribution in [2.75, 3.05) is 0 Å². The zero-order valence-electron chi connectivity index (χ0n) is 8.09. The molecule has 0 spiro atoms. The first-order chi connectivity index (χ1) is 7.42. The van der Waals surface area contributed by atoms with Gasteiger partial charge in [0.2, 0.25) is 0 Å². The number of oxime groups is 1. The van der Waals surface area contributed by atoms with Gasteiger partial charge in [-0.3, -0.25) is 0 Å².